The van der Waals surface area contributed by atoms with Gasteiger partial charge in [-0.3, -0.25) is 4.79 Å². The van der Waals surface area contributed by atoms with E-state index < -0.39 is 5.82 Å². The molecule has 2 nitrogen and oxygen atoms in total. The first-order chi connectivity index (χ1) is 8.06. The van der Waals surface area contributed by atoms with Gasteiger partial charge >= 0.3 is 0 Å². The summed E-state index contributed by atoms with van der Waals surface area (Å²) in [6, 6.07) is 4.11. The van der Waals surface area contributed by atoms with Crippen LogP contribution in [-0.4, -0.2) is 24.4 Å². The number of carbonyl (C=O) groups excluding carboxylic acids is 1. The van der Waals surface area contributed by atoms with Crippen LogP contribution < -0.4 is 0 Å². The zero-order valence-electron chi connectivity index (χ0n) is 9.75. The maximum atomic E-state index is 13.1. The molecule has 1 aromatic carbocycles. The van der Waals surface area contributed by atoms with Gasteiger partial charge in [0.2, 0.25) is 0 Å². The van der Waals surface area contributed by atoms with Crippen molar-refractivity contribution in [3.63, 3.8) is 0 Å². The Morgan fingerprint density at radius 1 is 1.59 bits per heavy atom. The van der Waals surface area contributed by atoms with Gasteiger partial charge in [0.05, 0.1) is 5.56 Å². The highest BCUT2D eigenvalue weighted by atomic mass is 79.9. The predicted molar refractivity (Wildman–Crippen MR) is 70.5 cm³/mol. The van der Waals surface area contributed by atoms with Crippen LogP contribution in [-0.2, 0) is 0 Å². The van der Waals surface area contributed by atoms with Crippen LogP contribution in [0.5, 0.6) is 0 Å². The number of benzene rings is 1. The van der Waals surface area contributed by atoms with Crippen LogP contribution in [0.1, 0.15) is 23.2 Å². The fourth-order valence-corrected chi connectivity index (χ4v) is 1.86. The van der Waals surface area contributed by atoms with Crippen LogP contribution in [0.15, 0.2) is 35.3 Å². The van der Waals surface area contributed by atoms with E-state index in [1.165, 1.54) is 12.1 Å². The van der Waals surface area contributed by atoms with Crippen LogP contribution in [0, 0.1) is 5.82 Å². The van der Waals surface area contributed by atoms with Crippen molar-refractivity contribution in [2.75, 3.05) is 13.6 Å². The van der Waals surface area contributed by atoms with Gasteiger partial charge in [-0.25, -0.2) is 4.39 Å². The quantitative estimate of drug-likeness (QED) is 0.600. The number of carbonyl (C=O) groups is 1. The Kier molecular flexibility index (Phi) is 5.35. The van der Waals surface area contributed by atoms with Crippen molar-refractivity contribution in [2.45, 2.75) is 12.8 Å². The van der Waals surface area contributed by atoms with E-state index in [-0.39, 0.29) is 5.91 Å². The van der Waals surface area contributed by atoms with Crippen molar-refractivity contribution < 1.29 is 9.18 Å². The minimum absolute atomic E-state index is 0.180. The van der Waals surface area contributed by atoms with Crippen molar-refractivity contribution in [1.29, 1.82) is 0 Å². The number of unbranched alkanes of at least 4 members (excludes halogenated alkanes) is 1. The fourth-order valence-electron chi connectivity index (χ4n) is 1.44. The molecular weight excluding hydrogens is 285 g/mol. The molecule has 0 bridgehead atoms. The Balaban J connectivity index is 2.74. The average molecular weight is 300 g/mol. The normalized spacial score (nSPS) is 10.1. The third kappa shape index (κ3) is 3.97. The van der Waals surface area contributed by atoms with Crippen LogP contribution in [0.2, 0.25) is 0 Å². The second-order valence-corrected chi connectivity index (χ2v) is 4.64. The Morgan fingerprint density at radius 3 is 2.94 bits per heavy atom. The molecule has 1 rings (SSSR count). The third-order valence-electron chi connectivity index (χ3n) is 2.41. The molecule has 0 spiro atoms. The molecule has 0 radical (unpaired) electrons. The molecule has 0 aromatic heterocycles. The lowest BCUT2D eigenvalue weighted by Gasteiger charge is -2.17. The SMILES string of the molecule is C=CCCCN(C)C(=O)c1cc(F)ccc1Br. The van der Waals surface area contributed by atoms with Gasteiger partial charge in [-0.1, -0.05) is 6.08 Å². The van der Waals surface area contributed by atoms with Gasteiger partial charge in [0, 0.05) is 18.1 Å². The van der Waals surface area contributed by atoms with E-state index in [0.29, 0.717) is 16.6 Å². The van der Waals surface area contributed by atoms with Crippen molar-refractivity contribution in [1.82, 2.24) is 4.90 Å². The molecule has 0 saturated heterocycles. The lowest BCUT2D eigenvalue weighted by atomic mass is 10.2. The summed E-state index contributed by atoms with van der Waals surface area (Å²) < 4.78 is 13.7. The summed E-state index contributed by atoms with van der Waals surface area (Å²) in [5, 5.41) is 0. The molecule has 92 valence electrons. The zero-order chi connectivity index (χ0) is 12.8. The highest BCUT2D eigenvalue weighted by Crippen LogP contribution is 2.19. The van der Waals surface area contributed by atoms with Gasteiger partial charge in [-0.2, -0.15) is 0 Å². The number of allylic oxidation sites excluding steroid dienone is 1. The zero-order valence-corrected chi connectivity index (χ0v) is 11.3. The molecule has 4 heteroatoms. The van der Waals surface area contributed by atoms with E-state index in [4.69, 9.17) is 0 Å². The minimum atomic E-state index is -0.406. The van der Waals surface area contributed by atoms with E-state index in [1.807, 2.05) is 6.08 Å². The smallest absolute Gasteiger partial charge is 0.254 e. The van der Waals surface area contributed by atoms with Gasteiger partial charge in [0.15, 0.2) is 0 Å². The van der Waals surface area contributed by atoms with E-state index >= 15 is 0 Å². The van der Waals surface area contributed by atoms with Crippen LogP contribution in [0.4, 0.5) is 4.39 Å². The summed E-state index contributed by atoms with van der Waals surface area (Å²) in [6.07, 6.45) is 3.54. The van der Waals surface area contributed by atoms with Crippen molar-refractivity contribution in [2.24, 2.45) is 0 Å². The number of halogens is 2. The van der Waals surface area contributed by atoms with Crippen LogP contribution in [0.25, 0.3) is 0 Å². The van der Waals surface area contributed by atoms with E-state index in [1.54, 1.807) is 18.0 Å². The first-order valence-electron chi connectivity index (χ1n) is 5.37. The Bertz CT molecular complexity index is 420. The van der Waals surface area contributed by atoms with E-state index in [2.05, 4.69) is 22.5 Å². The van der Waals surface area contributed by atoms with Gasteiger partial charge < -0.3 is 4.90 Å². The Hall–Kier alpha value is -1.16. The molecule has 0 N–H and O–H groups in total. The predicted octanol–water partition coefficient (Wildman–Crippen LogP) is 3.63. The molecule has 0 aliphatic heterocycles. The average Bonchev–Trinajstić information content (AvgIpc) is 2.31. The summed E-state index contributed by atoms with van der Waals surface area (Å²) in [7, 11) is 1.71. The van der Waals surface area contributed by atoms with Crippen LogP contribution in [0.3, 0.4) is 0 Å². The van der Waals surface area contributed by atoms with Gasteiger partial charge in [0.25, 0.3) is 5.91 Å². The van der Waals surface area contributed by atoms with E-state index in [0.717, 1.165) is 12.8 Å². The molecule has 17 heavy (non-hydrogen) atoms. The molecule has 0 fully saturated rings. The maximum Gasteiger partial charge on any atom is 0.254 e. The summed E-state index contributed by atoms with van der Waals surface area (Å²) in [6.45, 7) is 4.26. The topological polar surface area (TPSA) is 20.3 Å². The number of nitrogens with zero attached hydrogens (tertiary/aromatic N) is 1. The monoisotopic (exact) mass is 299 g/mol. The van der Waals surface area contributed by atoms with Crippen molar-refractivity contribution in [3.05, 3.63) is 46.7 Å². The molecule has 0 aliphatic carbocycles. The number of rotatable bonds is 5. The molecule has 1 amide bonds. The summed E-state index contributed by atoms with van der Waals surface area (Å²) in [5.41, 5.74) is 0.353. The highest BCUT2D eigenvalue weighted by Gasteiger charge is 2.15. The second kappa shape index (κ2) is 6.55. The number of hydrogen-bond donors (Lipinski definition) is 0. The lowest BCUT2D eigenvalue weighted by molar-refractivity contribution is 0.0792. The second-order valence-electron chi connectivity index (χ2n) is 3.78. The first-order valence-corrected chi connectivity index (χ1v) is 6.17. The van der Waals surface area contributed by atoms with Crippen molar-refractivity contribution in [3.8, 4) is 0 Å². The molecule has 1 aromatic rings. The molecule has 0 unspecified atom stereocenters. The molecular formula is C13H15BrFNO. The standard InChI is InChI=1S/C13H15BrFNO/c1-3-4-5-8-16(2)13(17)11-9-10(15)6-7-12(11)14/h3,6-7,9H,1,4-5,8H2,2H3. The fraction of sp³-hybridized carbons (Fsp3) is 0.308. The van der Waals surface area contributed by atoms with Crippen molar-refractivity contribution >= 4 is 21.8 Å². The van der Waals surface area contributed by atoms with E-state index in [9.17, 15) is 9.18 Å². The molecule has 0 heterocycles. The van der Waals surface area contributed by atoms with Gasteiger partial charge in [-0.15, -0.1) is 6.58 Å². The van der Waals surface area contributed by atoms with Crippen LogP contribution >= 0.6 is 15.9 Å². The molecule has 0 aliphatic rings. The largest absolute Gasteiger partial charge is 0.342 e. The summed E-state index contributed by atoms with van der Waals surface area (Å²) in [5.74, 6) is -0.587. The summed E-state index contributed by atoms with van der Waals surface area (Å²) in [4.78, 5) is 13.6. The third-order valence-corrected chi connectivity index (χ3v) is 3.10. The van der Waals surface area contributed by atoms with Gasteiger partial charge in [0.1, 0.15) is 5.82 Å². The lowest BCUT2D eigenvalue weighted by Crippen LogP contribution is -2.28. The highest BCUT2D eigenvalue weighted by molar-refractivity contribution is 9.10. The first kappa shape index (κ1) is 13.9. The minimum Gasteiger partial charge on any atom is -0.342 e. The Morgan fingerprint density at radius 2 is 2.29 bits per heavy atom. The number of hydrogen-bond acceptors (Lipinski definition) is 1. The summed E-state index contributed by atoms with van der Waals surface area (Å²) >= 11 is 3.25. The maximum absolute atomic E-state index is 13.1. The van der Waals surface area contributed by atoms with Gasteiger partial charge in [-0.05, 0) is 47.0 Å². The molecule has 0 saturated carbocycles. The number of amides is 1. The molecule has 0 atom stereocenters. The Labute approximate surface area is 109 Å².